The van der Waals surface area contributed by atoms with Crippen molar-refractivity contribution in [3.05, 3.63) is 156 Å². The van der Waals surface area contributed by atoms with Gasteiger partial charge in [-0.3, -0.25) is 23.2 Å². The lowest BCUT2D eigenvalue weighted by Gasteiger charge is -2.21. The van der Waals surface area contributed by atoms with Gasteiger partial charge in [0.15, 0.2) is 12.3 Å². The Kier molecular flexibility index (Phi) is 37.0. The van der Waals surface area contributed by atoms with Gasteiger partial charge < -0.3 is 45.1 Å². The first-order valence-corrected chi connectivity index (χ1v) is 29.3. The summed E-state index contributed by atoms with van der Waals surface area (Å²) < 4.78 is 56.7. The number of nitrogens with two attached hydrogens (primary N) is 1. The molecule has 0 aromatic carbocycles. The highest BCUT2D eigenvalue weighted by atomic mass is 31.3. The Labute approximate surface area is 454 Å². The van der Waals surface area contributed by atoms with Crippen LogP contribution in [0.25, 0.3) is 0 Å². The summed E-state index contributed by atoms with van der Waals surface area (Å²) in [4.78, 5) is 62.0. The summed E-state index contributed by atoms with van der Waals surface area (Å²) in [5.41, 5.74) is 4.57. The zero-order chi connectivity index (χ0) is 56.4. The Bertz CT molecular complexity index is 2340. The number of aliphatic hydroxyl groups excluding tert-OH is 3. The normalized spacial score (nSPS) is 20.1. The lowest BCUT2D eigenvalue weighted by atomic mass is 10.1. The number of hydrogen-bond donors (Lipinski definition) is 6. The van der Waals surface area contributed by atoms with E-state index >= 15 is 0 Å². The zero-order valence-corrected chi connectivity index (χ0v) is 46.3. The number of aliphatic hydroxyl groups is 3. The predicted molar refractivity (Wildman–Crippen MR) is 299 cm³/mol. The number of nitrogens with zero attached hydrogens (tertiary/aromatic N) is 2. The number of carbonyl (C=O) groups excluding carboxylic acids is 2. The van der Waals surface area contributed by atoms with Crippen molar-refractivity contribution in [1.82, 2.24) is 9.55 Å². The minimum absolute atomic E-state index is 0.0551. The van der Waals surface area contributed by atoms with Crippen LogP contribution < -0.4 is 11.4 Å². The third-order valence-electron chi connectivity index (χ3n) is 10.8. The lowest BCUT2D eigenvalue weighted by Crippen LogP contribution is -2.36. The number of allylic oxidation sites excluding steroid dienone is 20. The van der Waals surface area contributed by atoms with Crippen molar-refractivity contribution < 1.29 is 71.4 Å². The first-order valence-electron chi connectivity index (χ1n) is 26.3. The van der Waals surface area contributed by atoms with Crippen LogP contribution in [-0.4, -0.2) is 96.9 Å². The predicted octanol–water partition coefficient (Wildman–Crippen LogP) is 10.3. The van der Waals surface area contributed by atoms with Crippen molar-refractivity contribution in [2.45, 2.75) is 160 Å². The molecular formula is C56H83N3O16P2. The highest BCUT2D eigenvalue weighted by Crippen LogP contribution is 2.60. The highest BCUT2D eigenvalue weighted by molar-refractivity contribution is 7.61. The van der Waals surface area contributed by atoms with Gasteiger partial charge in [-0.15, -0.1) is 0 Å². The van der Waals surface area contributed by atoms with E-state index in [1.54, 1.807) is 12.2 Å². The van der Waals surface area contributed by atoms with E-state index < -0.39 is 89.8 Å². The number of phosphoric acid groups is 2. The molecule has 2 rings (SSSR count). The molecule has 0 saturated carbocycles. The Morgan fingerprint density at radius 3 is 1.83 bits per heavy atom. The van der Waals surface area contributed by atoms with Crippen LogP contribution in [0.5, 0.6) is 0 Å². The molecule has 3 unspecified atom stereocenters. The van der Waals surface area contributed by atoms with Crippen LogP contribution >= 0.6 is 15.6 Å². The molecule has 2 heterocycles. The average molecular weight is 1120 g/mol. The smallest absolute Gasteiger partial charge is 0.462 e. The monoisotopic (exact) mass is 1120 g/mol. The van der Waals surface area contributed by atoms with Crippen LogP contribution in [0.4, 0.5) is 5.82 Å². The van der Waals surface area contributed by atoms with E-state index in [4.69, 9.17) is 29.0 Å². The van der Waals surface area contributed by atoms with Crippen molar-refractivity contribution in [3.63, 3.8) is 0 Å². The molecule has 8 atom stereocenters. The number of carbonyl (C=O) groups is 2. The lowest BCUT2D eigenvalue weighted by molar-refractivity contribution is -0.161. The fourth-order valence-corrected chi connectivity index (χ4v) is 8.91. The van der Waals surface area contributed by atoms with Crippen LogP contribution in [0.3, 0.4) is 0 Å². The van der Waals surface area contributed by atoms with E-state index in [1.807, 2.05) is 67.7 Å². The van der Waals surface area contributed by atoms with E-state index in [-0.39, 0.29) is 25.1 Å². The molecule has 1 saturated heterocycles. The van der Waals surface area contributed by atoms with Gasteiger partial charge >= 0.3 is 33.3 Å². The number of unbranched alkanes of at least 4 members (excludes halogenated alkanes) is 3. The average Bonchev–Trinajstić information content (AvgIpc) is 3.66. The highest BCUT2D eigenvalue weighted by Gasteiger charge is 2.46. The number of esters is 2. The van der Waals surface area contributed by atoms with E-state index in [0.29, 0.717) is 19.3 Å². The van der Waals surface area contributed by atoms with Gasteiger partial charge in [-0.25, -0.2) is 13.9 Å². The molecule has 77 heavy (non-hydrogen) atoms. The van der Waals surface area contributed by atoms with Gasteiger partial charge in [-0.2, -0.15) is 9.29 Å². The molecule has 0 amide bonds. The van der Waals surface area contributed by atoms with Crippen LogP contribution in [0.1, 0.15) is 129 Å². The second-order valence-corrected chi connectivity index (χ2v) is 20.5. The van der Waals surface area contributed by atoms with Crippen molar-refractivity contribution in [2.75, 3.05) is 25.6 Å². The second kappa shape index (κ2) is 41.9. The molecule has 21 heteroatoms. The zero-order valence-electron chi connectivity index (χ0n) is 44.6. The molecule has 1 aromatic rings. The molecule has 0 radical (unpaired) electrons. The number of nitrogen functional groups attached to an aromatic ring is 1. The Morgan fingerprint density at radius 2 is 1.23 bits per heavy atom. The van der Waals surface area contributed by atoms with Gasteiger partial charge in [0.05, 0.1) is 19.3 Å². The molecule has 0 spiro atoms. The fourth-order valence-electron chi connectivity index (χ4n) is 6.80. The van der Waals surface area contributed by atoms with Gasteiger partial charge in [0, 0.05) is 19.0 Å². The summed E-state index contributed by atoms with van der Waals surface area (Å²) in [6.45, 7) is 1.71. The molecule has 19 nitrogen and oxygen atoms in total. The maximum atomic E-state index is 12.9. The van der Waals surface area contributed by atoms with Crippen LogP contribution in [0.2, 0.25) is 0 Å². The molecule has 1 fully saturated rings. The van der Waals surface area contributed by atoms with E-state index in [1.165, 1.54) is 6.07 Å². The van der Waals surface area contributed by atoms with Gasteiger partial charge in [-0.1, -0.05) is 154 Å². The molecule has 1 aliphatic rings. The van der Waals surface area contributed by atoms with E-state index in [0.717, 1.165) is 81.4 Å². The summed E-state index contributed by atoms with van der Waals surface area (Å²) in [7, 11) is -10.9. The summed E-state index contributed by atoms with van der Waals surface area (Å²) in [5, 5.41) is 30.8. The molecule has 0 aliphatic carbocycles. The van der Waals surface area contributed by atoms with E-state index in [9.17, 15) is 48.6 Å². The topological polar surface area (TPSA) is 286 Å². The number of phosphoric ester groups is 2. The van der Waals surface area contributed by atoms with Crippen LogP contribution in [0, 0.1) is 0 Å². The molecule has 1 aromatic heterocycles. The number of anilines is 1. The first-order chi connectivity index (χ1) is 37.1. The third-order valence-corrected chi connectivity index (χ3v) is 13.4. The maximum absolute atomic E-state index is 12.9. The Morgan fingerprint density at radius 1 is 0.688 bits per heavy atom. The van der Waals surface area contributed by atoms with Crippen LogP contribution in [0.15, 0.2) is 151 Å². The fraction of sp³-hybridized carbons (Fsp3) is 0.500. The summed E-state index contributed by atoms with van der Waals surface area (Å²) in [6.07, 6.45) is 48.7. The summed E-state index contributed by atoms with van der Waals surface area (Å²) in [6, 6.07) is 1.24. The Hall–Kier alpha value is -5.14. The molecule has 1 aliphatic heterocycles. The van der Waals surface area contributed by atoms with Gasteiger partial charge in [-0.05, 0) is 96.0 Å². The minimum Gasteiger partial charge on any atom is -0.462 e. The van der Waals surface area contributed by atoms with Crippen LogP contribution in [-0.2, 0) is 46.3 Å². The molecule has 428 valence electrons. The first kappa shape index (κ1) is 68.0. The van der Waals surface area contributed by atoms with Crippen molar-refractivity contribution in [3.8, 4) is 0 Å². The molecule has 0 bridgehead atoms. The molecular weight excluding hydrogens is 1030 g/mol. The van der Waals surface area contributed by atoms with Crippen molar-refractivity contribution in [1.29, 1.82) is 0 Å². The minimum atomic E-state index is -5.47. The number of ether oxygens (including phenoxy) is 3. The number of hydrogen-bond acceptors (Lipinski definition) is 16. The number of aromatic nitrogens is 2. The number of rotatable bonds is 41. The summed E-state index contributed by atoms with van der Waals surface area (Å²) >= 11 is 0. The third kappa shape index (κ3) is 34.4. The SMILES string of the molecule is CC/C=C\C/C=C\C/C=C\C/C=C\C/C=C\CCCCCC(=O)OC[C@H](COP(=O)(O)OP(=O)(O)OC[C@H]1O[C@@H](n2ccc(N)nc2=O)[C@H](O)[C@@H]1O)OC(=O)CC/C=C\C/C=C\C/C=C\C/C=C/C=C/C(O)C/C=C\CC. The standard InChI is InChI=1S/C56H83N3O16P2/c1-3-5-7-8-9-10-11-12-13-14-15-16-17-20-23-26-29-32-36-40-51(61)70-44-48(73-52(62)41-37-33-30-27-24-21-18-19-22-25-28-31-35-39-47(60)38-34-6-4-2)45-71-76(66,67)75-77(68,69)72-46-49-53(63)54(64)55(74-49)59-43-42-50(57)58-56(59)65/h5-7,9-10,12-13,15-16,19-24,28,30-31,33-35,39,42-43,47-49,53-55,60,63-64H,3-4,8,11,14,17-18,25-27,29,32,36-38,40-41,44-46H2,1-2H3,(H,66,67)(H,68,69)(H2,57,58,65)/b7-5-,10-9-,13-12-,16-15-,22-19-,23-20-,24-21-,31-28+,33-30-,34-6-,39-35+/t47?,48-,49-,53-,54-,55-/m1/s1. The van der Waals surface area contributed by atoms with Gasteiger partial charge in [0.2, 0.25) is 0 Å². The molecule has 7 N–H and O–H groups in total. The quantitative estimate of drug-likeness (QED) is 0.0117. The largest absolute Gasteiger partial charge is 0.481 e. The van der Waals surface area contributed by atoms with Gasteiger partial charge in [0.25, 0.3) is 0 Å². The second-order valence-electron chi connectivity index (χ2n) is 17.5. The van der Waals surface area contributed by atoms with Crippen molar-refractivity contribution >= 4 is 33.4 Å². The van der Waals surface area contributed by atoms with E-state index in [2.05, 4.69) is 77.0 Å². The van der Waals surface area contributed by atoms with Gasteiger partial charge in [0.1, 0.15) is 30.7 Å². The van der Waals surface area contributed by atoms with Crippen molar-refractivity contribution in [2.24, 2.45) is 0 Å². The Balaban J connectivity index is 1.85. The maximum Gasteiger partial charge on any atom is 0.481 e. The summed E-state index contributed by atoms with van der Waals surface area (Å²) in [5.74, 6) is -1.48.